The van der Waals surface area contributed by atoms with Gasteiger partial charge >= 0.3 is 0 Å². The van der Waals surface area contributed by atoms with Crippen molar-refractivity contribution in [2.45, 2.75) is 32.1 Å². The minimum Gasteiger partial charge on any atom is -0.491 e. The summed E-state index contributed by atoms with van der Waals surface area (Å²) in [5.41, 5.74) is 2.25. The maximum atomic E-state index is 5.89. The van der Waals surface area contributed by atoms with Crippen molar-refractivity contribution < 1.29 is 4.74 Å². The van der Waals surface area contributed by atoms with Crippen LogP contribution in [0.5, 0.6) is 5.75 Å². The molecule has 6 heteroatoms. The molecule has 2 aromatic carbocycles. The minimum atomic E-state index is 0.175. The number of anilines is 1. The summed E-state index contributed by atoms with van der Waals surface area (Å²) in [6.45, 7) is 4.88. The monoisotopic (exact) mass is 408 g/mol. The summed E-state index contributed by atoms with van der Waals surface area (Å²) in [6, 6.07) is 15.8. The Kier molecular flexibility index (Phi) is 9.09. The van der Waals surface area contributed by atoms with Gasteiger partial charge in [-0.1, -0.05) is 23.7 Å². The normalized spacial score (nSPS) is 10.6. The van der Waals surface area contributed by atoms with Gasteiger partial charge < -0.3 is 15.4 Å². The summed E-state index contributed by atoms with van der Waals surface area (Å²) < 4.78 is 5.63. The van der Waals surface area contributed by atoms with Crippen LogP contribution >= 0.6 is 35.6 Å². The van der Waals surface area contributed by atoms with Crippen LogP contribution in [0.1, 0.15) is 25.8 Å². The molecular formula is C20H25ClN2OS2. The first-order chi connectivity index (χ1) is 12.5. The molecule has 0 unspecified atom stereocenters. The third-order valence-electron chi connectivity index (χ3n) is 3.42. The lowest BCUT2D eigenvalue weighted by Gasteiger charge is -2.12. The Morgan fingerprint density at radius 3 is 2.46 bits per heavy atom. The lowest BCUT2D eigenvalue weighted by molar-refractivity contribution is 0.242. The summed E-state index contributed by atoms with van der Waals surface area (Å²) >= 11 is 13.1. The van der Waals surface area contributed by atoms with Crippen LogP contribution in [0.4, 0.5) is 5.69 Å². The number of halogens is 1. The van der Waals surface area contributed by atoms with Crippen molar-refractivity contribution in [1.29, 1.82) is 0 Å². The van der Waals surface area contributed by atoms with E-state index in [2.05, 4.69) is 22.8 Å². The van der Waals surface area contributed by atoms with Crippen molar-refractivity contribution in [2.24, 2.45) is 0 Å². The maximum absolute atomic E-state index is 5.89. The maximum Gasteiger partial charge on any atom is 0.170 e. The van der Waals surface area contributed by atoms with Crippen LogP contribution in [0.15, 0.2) is 48.5 Å². The Bertz CT molecular complexity index is 675. The molecule has 0 fully saturated rings. The number of thioether (sulfide) groups is 1. The lowest BCUT2D eigenvalue weighted by atomic mass is 10.2. The second-order valence-electron chi connectivity index (χ2n) is 6.10. The molecule has 26 heavy (non-hydrogen) atoms. The molecule has 2 N–H and O–H groups in total. The molecule has 0 atom stereocenters. The molecule has 140 valence electrons. The van der Waals surface area contributed by atoms with Gasteiger partial charge in [-0.25, -0.2) is 0 Å². The third-order valence-corrected chi connectivity index (χ3v) is 5.03. The first-order valence-electron chi connectivity index (χ1n) is 8.66. The number of rotatable bonds is 9. The zero-order valence-corrected chi connectivity index (χ0v) is 17.5. The van der Waals surface area contributed by atoms with Gasteiger partial charge in [0.25, 0.3) is 0 Å². The Morgan fingerprint density at radius 2 is 1.81 bits per heavy atom. The van der Waals surface area contributed by atoms with Gasteiger partial charge in [-0.2, -0.15) is 11.8 Å². The summed E-state index contributed by atoms with van der Waals surface area (Å²) in [4.78, 5) is 0. The van der Waals surface area contributed by atoms with E-state index in [-0.39, 0.29) is 6.10 Å². The highest BCUT2D eigenvalue weighted by Crippen LogP contribution is 2.17. The third kappa shape index (κ3) is 8.30. The fourth-order valence-electron chi connectivity index (χ4n) is 2.21. The van der Waals surface area contributed by atoms with Crippen LogP contribution < -0.4 is 15.4 Å². The Hall–Kier alpha value is -1.43. The highest BCUT2D eigenvalue weighted by Gasteiger charge is 2.00. The molecule has 2 aromatic rings. The molecule has 0 aliphatic rings. The quantitative estimate of drug-likeness (QED) is 0.408. The van der Waals surface area contributed by atoms with Crippen LogP contribution in [0, 0.1) is 0 Å². The smallest absolute Gasteiger partial charge is 0.170 e. The Labute approximate surface area is 170 Å². The molecule has 0 radical (unpaired) electrons. The van der Waals surface area contributed by atoms with Crippen LogP contribution in [-0.4, -0.2) is 23.5 Å². The molecule has 0 bridgehead atoms. The lowest BCUT2D eigenvalue weighted by Crippen LogP contribution is -2.29. The van der Waals surface area contributed by atoms with Gasteiger partial charge in [0.05, 0.1) is 6.10 Å². The number of hydrogen-bond donors (Lipinski definition) is 2. The van der Waals surface area contributed by atoms with Crippen molar-refractivity contribution in [3.8, 4) is 5.75 Å². The van der Waals surface area contributed by atoms with Crippen molar-refractivity contribution in [3.05, 3.63) is 59.1 Å². The van der Waals surface area contributed by atoms with E-state index >= 15 is 0 Å². The number of nitrogens with one attached hydrogen (secondary N) is 2. The van der Waals surface area contributed by atoms with Gasteiger partial charge in [0.15, 0.2) is 5.11 Å². The molecule has 0 spiro atoms. The van der Waals surface area contributed by atoms with E-state index < -0.39 is 0 Å². The van der Waals surface area contributed by atoms with Crippen LogP contribution in [-0.2, 0) is 5.75 Å². The predicted molar refractivity (Wildman–Crippen MR) is 119 cm³/mol. The standard InChI is InChI=1S/C20H25ClN2OS2/c1-15(2)24-19-10-8-18(9-11-19)23-20(25)22-12-3-13-26-14-16-4-6-17(21)7-5-16/h4-11,15H,3,12-14H2,1-2H3,(H2,22,23,25). The largest absolute Gasteiger partial charge is 0.491 e. The van der Waals surface area contributed by atoms with E-state index in [9.17, 15) is 0 Å². The van der Waals surface area contributed by atoms with Gasteiger partial charge in [0, 0.05) is 23.0 Å². The Balaban J connectivity index is 1.57. The highest BCUT2D eigenvalue weighted by atomic mass is 35.5. The second kappa shape index (κ2) is 11.3. The molecule has 3 nitrogen and oxygen atoms in total. The zero-order valence-electron chi connectivity index (χ0n) is 15.1. The van der Waals surface area contributed by atoms with Crippen molar-refractivity contribution in [3.63, 3.8) is 0 Å². The average Bonchev–Trinajstić information content (AvgIpc) is 2.61. The van der Waals surface area contributed by atoms with Crippen molar-refractivity contribution in [1.82, 2.24) is 5.32 Å². The molecule has 0 saturated carbocycles. The fraction of sp³-hybridized carbons (Fsp3) is 0.350. The summed E-state index contributed by atoms with van der Waals surface area (Å²) in [5.74, 6) is 2.95. The van der Waals surface area contributed by atoms with Crippen LogP contribution in [0.2, 0.25) is 5.02 Å². The average molecular weight is 409 g/mol. The van der Waals surface area contributed by atoms with Crippen molar-refractivity contribution in [2.75, 3.05) is 17.6 Å². The molecule has 0 aromatic heterocycles. The van der Waals surface area contributed by atoms with Gasteiger partial charge in [-0.3, -0.25) is 0 Å². The molecule has 2 rings (SSSR count). The molecule has 0 aliphatic heterocycles. The van der Waals surface area contributed by atoms with Gasteiger partial charge in [-0.15, -0.1) is 0 Å². The predicted octanol–water partition coefficient (Wildman–Crippen LogP) is 5.74. The summed E-state index contributed by atoms with van der Waals surface area (Å²) in [7, 11) is 0. The second-order valence-corrected chi connectivity index (χ2v) is 8.05. The Morgan fingerprint density at radius 1 is 1.12 bits per heavy atom. The summed E-state index contributed by atoms with van der Waals surface area (Å²) in [6.07, 6.45) is 1.23. The molecule has 0 saturated heterocycles. The SMILES string of the molecule is CC(C)Oc1ccc(NC(=S)NCCCSCc2ccc(Cl)cc2)cc1. The van der Waals surface area contributed by atoms with E-state index in [4.69, 9.17) is 28.6 Å². The number of benzene rings is 2. The van der Waals surface area contributed by atoms with Crippen LogP contribution in [0.25, 0.3) is 0 Å². The molecule has 0 amide bonds. The molecule has 0 heterocycles. The van der Waals surface area contributed by atoms with Crippen LogP contribution in [0.3, 0.4) is 0 Å². The molecule has 0 aliphatic carbocycles. The van der Waals surface area contributed by atoms with Gasteiger partial charge in [0.2, 0.25) is 0 Å². The topological polar surface area (TPSA) is 33.3 Å². The highest BCUT2D eigenvalue weighted by molar-refractivity contribution is 7.98. The van der Waals surface area contributed by atoms with Crippen molar-refractivity contribution >= 4 is 46.4 Å². The molecular weight excluding hydrogens is 384 g/mol. The van der Waals surface area contributed by atoms with E-state index in [1.165, 1.54) is 5.56 Å². The van der Waals surface area contributed by atoms with E-state index in [1.807, 2.05) is 62.0 Å². The van der Waals surface area contributed by atoms with Gasteiger partial charge in [-0.05, 0) is 80.2 Å². The first kappa shape index (κ1) is 20.9. The number of ether oxygens (including phenoxy) is 1. The van der Waals surface area contributed by atoms with E-state index in [1.54, 1.807) is 0 Å². The fourth-order valence-corrected chi connectivity index (χ4v) is 3.48. The minimum absolute atomic E-state index is 0.175. The summed E-state index contributed by atoms with van der Waals surface area (Å²) in [5, 5.41) is 7.86. The zero-order chi connectivity index (χ0) is 18.8. The van der Waals surface area contributed by atoms with E-state index in [0.29, 0.717) is 5.11 Å². The number of hydrogen-bond acceptors (Lipinski definition) is 3. The van der Waals surface area contributed by atoms with Gasteiger partial charge in [0.1, 0.15) is 5.75 Å². The first-order valence-corrected chi connectivity index (χ1v) is 10.6. The number of thiocarbonyl (C=S) groups is 1. The van der Waals surface area contributed by atoms with E-state index in [0.717, 1.165) is 40.9 Å².